The molecule has 0 bridgehead atoms. The van der Waals surface area contributed by atoms with Crippen molar-refractivity contribution in [3.63, 3.8) is 0 Å². The van der Waals surface area contributed by atoms with Crippen molar-refractivity contribution in [3.05, 3.63) is 29.8 Å². The van der Waals surface area contributed by atoms with Crippen molar-refractivity contribution in [2.24, 2.45) is 0 Å². The number of hydrogen-bond donors (Lipinski definition) is 2. The van der Waals surface area contributed by atoms with Crippen LogP contribution in [0.15, 0.2) is 24.3 Å². The molecule has 2 rings (SSSR count). The van der Waals surface area contributed by atoms with E-state index in [0.717, 1.165) is 5.69 Å². The van der Waals surface area contributed by atoms with E-state index in [1.54, 1.807) is 0 Å². The summed E-state index contributed by atoms with van der Waals surface area (Å²) in [7, 11) is 1.93. The van der Waals surface area contributed by atoms with Gasteiger partial charge in [-0.05, 0) is 45.5 Å². The number of rotatable bonds is 3. The molecule has 2 amide bonds. The SMILES string of the molecule is CNC(C)c1ccc(NC(=O)N2CC(C)OCC2C)cc1. The summed E-state index contributed by atoms with van der Waals surface area (Å²) in [4.78, 5) is 14.2. The van der Waals surface area contributed by atoms with E-state index in [4.69, 9.17) is 4.74 Å². The summed E-state index contributed by atoms with van der Waals surface area (Å²) in [5.41, 5.74) is 2.02. The average Bonchev–Trinajstić information content (AvgIpc) is 2.49. The lowest BCUT2D eigenvalue weighted by atomic mass is 10.1. The standard InChI is InChI=1S/C16H25N3O2/c1-11-10-21-12(2)9-19(11)16(20)18-15-7-5-14(6-8-15)13(3)17-4/h5-8,11-13,17H,9-10H2,1-4H3,(H,18,20). The van der Waals surface area contributed by atoms with Crippen LogP contribution in [0.5, 0.6) is 0 Å². The third kappa shape index (κ3) is 3.95. The molecule has 3 atom stereocenters. The Labute approximate surface area is 126 Å². The van der Waals surface area contributed by atoms with E-state index < -0.39 is 0 Å². The van der Waals surface area contributed by atoms with E-state index in [1.165, 1.54) is 5.56 Å². The maximum atomic E-state index is 12.3. The molecule has 116 valence electrons. The van der Waals surface area contributed by atoms with Gasteiger partial charge in [-0.3, -0.25) is 0 Å². The van der Waals surface area contributed by atoms with Crippen molar-refractivity contribution in [2.75, 3.05) is 25.5 Å². The molecular weight excluding hydrogens is 266 g/mol. The van der Waals surface area contributed by atoms with Crippen LogP contribution in [-0.4, -0.2) is 43.3 Å². The van der Waals surface area contributed by atoms with Crippen molar-refractivity contribution in [2.45, 2.75) is 39.0 Å². The summed E-state index contributed by atoms with van der Waals surface area (Å²) < 4.78 is 5.55. The van der Waals surface area contributed by atoms with Crippen LogP contribution in [0.25, 0.3) is 0 Å². The molecule has 2 N–H and O–H groups in total. The Morgan fingerprint density at radius 3 is 2.62 bits per heavy atom. The van der Waals surface area contributed by atoms with Crippen LogP contribution in [0.3, 0.4) is 0 Å². The molecule has 5 heteroatoms. The Morgan fingerprint density at radius 2 is 2.00 bits per heavy atom. The van der Waals surface area contributed by atoms with E-state index in [0.29, 0.717) is 19.2 Å². The van der Waals surface area contributed by atoms with Gasteiger partial charge in [0.25, 0.3) is 0 Å². The van der Waals surface area contributed by atoms with Gasteiger partial charge < -0.3 is 20.3 Å². The molecule has 1 aromatic rings. The van der Waals surface area contributed by atoms with Crippen molar-refractivity contribution >= 4 is 11.7 Å². The Hall–Kier alpha value is -1.59. The first-order valence-corrected chi connectivity index (χ1v) is 7.47. The van der Waals surface area contributed by atoms with Gasteiger partial charge in [0.1, 0.15) is 0 Å². The van der Waals surface area contributed by atoms with Crippen LogP contribution in [-0.2, 0) is 4.74 Å². The normalized spacial score (nSPS) is 23.7. The van der Waals surface area contributed by atoms with Crippen molar-refractivity contribution < 1.29 is 9.53 Å². The van der Waals surface area contributed by atoms with Crippen LogP contribution < -0.4 is 10.6 Å². The quantitative estimate of drug-likeness (QED) is 0.900. The number of nitrogens with zero attached hydrogens (tertiary/aromatic N) is 1. The smallest absolute Gasteiger partial charge is 0.322 e. The van der Waals surface area contributed by atoms with Gasteiger partial charge in [0.05, 0.1) is 18.8 Å². The average molecular weight is 291 g/mol. The molecule has 1 aliphatic heterocycles. The van der Waals surface area contributed by atoms with Gasteiger partial charge in [-0.1, -0.05) is 12.1 Å². The number of carbonyl (C=O) groups is 1. The topological polar surface area (TPSA) is 53.6 Å². The Kier molecular flexibility index (Phi) is 5.20. The number of benzene rings is 1. The summed E-state index contributed by atoms with van der Waals surface area (Å²) in [6, 6.07) is 8.28. The maximum Gasteiger partial charge on any atom is 0.322 e. The first-order chi connectivity index (χ1) is 10.0. The van der Waals surface area contributed by atoms with Gasteiger partial charge in [-0.15, -0.1) is 0 Å². The molecule has 1 heterocycles. The van der Waals surface area contributed by atoms with Gasteiger partial charge in [0.15, 0.2) is 0 Å². The Morgan fingerprint density at radius 1 is 1.33 bits per heavy atom. The summed E-state index contributed by atoms with van der Waals surface area (Å²) in [5, 5.41) is 6.15. The van der Waals surface area contributed by atoms with Crippen LogP contribution in [0.2, 0.25) is 0 Å². The second-order valence-corrected chi connectivity index (χ2v) is 5.71. The van der Waals surface area contributed by atoms with E-state index in [9.17, 15) is 4.79 Å². The van der Waals surface area contributed by atoms with Crippen LogP contribution in [0.4, 0.5) is 10.5 Å². The van der Waals surface area contributed by atoms with E-state index in [2.05, 4.69) is 17.6 Å². The van der Waals surface area contributed by atoms with E-state index in [-0.39, 0.29) is 18.2 Å². The number of morpholine rings is 1. The number of amides is 2. The number of hydrogen-bond acceptors (Lipinski definition) is 3. The third-order valence-corrected chi connectivity index (χ3v) is 3.96. The highest BCUT2D eigenvalue weighted by Gasteiger charge is 2.27. The summed E-state index contributed by atoms with van der Waals surface area (Å²) >= 11 is 0. The van der Waals surface area contributed by atoms with E-state index >= 15 is 0 Å². The minimum absolute atomic E-state index is 0.0629. The molecule has 1 aliphatic rings. The zero-order valence-electron chi connectivity index (χ0n) is 13.2. The number of urea groups is 1. The molecule has 1 fully saturated rings. The monoisotopic (exact) mass is 291 g/mol. The van der Waals surface area contributed by atoms with Gasteiger partial charge >= 0.3 is 6.03 Å². The fraction of sp³-hybridized carbons (Fsp3) is 0.562. The van der Waals surface area contributed by atoms with Crippen molar-refractivity contribution in [1.82, 2.24) is 10.2 Å². The first kappa shape index (κ1) is 15.8. The second-order valence-electron chi connectivity index (χ2n) is 5.71. The molecule has 5 nitrogen and oxygen atoms in total. The molecule has 0 aromatic heterocycles. The number of carbonyl (C=O) groups excluding carboxylic acids is 1. The Bertz CT molecular complexity index is 475. The Balaban J connectivity index is 1.99. The van der Waals surface area contributed by atoms with E-state index in [1.807, 2.05) is 50.1 Å². The molecular formula is C16H25N3O2. The highest BCUT2D eigenvalue weighted by Crippen LogP contribution is 2.17. The number of ether oxygens (including phenoxy) is 1. The zero-order chi connectivity index (χ0) is 15.4. The predicted molar refractivity (Wildman–Crippen MR) is 84.5 cm³/mol. The first-order valence-electron chi connectivity index (χ1n) is 7.47. The molecule has 0 aliphatic carbocycles. The maximum absolute atomic E-state index is 12.3. The fourth-order valence-electron chi connectivity index (χ4n) is 2.40. The van der Waals surface area contributed by atoms with Crippen LogP contribution in [0, 0.1) is 0 Å². The lowest BCUT2D eigenvalue weighted by molar-refractivity contribution is -0.0296. The lowest BCUT2D eigenvalue weighted by Gasteiger charge is -2.36. The minimum Gasteiger partial charge on any atom is -0.375 e. The molecule has 0 saturated carbocycles. The summed E-state index contributed by atoms with van der Waals surface area (Å²) in [6.45, 7) is 7.31. The predicted octanol–water partition coefficient (Wildman–Crippen LogP) is 2.61. The van der Waals surface area contributed by atoms with Gasteiger partial charge in [0, 0.05) is 18.3 Å². The molecule has 21 heavy (non-hydrogen) atoms. The van der Waals surface area contributed by atoms with Crippen molar-refractivity contribution in [3.8, 4) is 0 Å². The fourth-order valence-corrected chi connectivity index (χ4v) is 2.40. The molecule has 0 spiro atoms. The van der Waals surface area contributed by atoms with Gasteiger partial charge in [0.2, 0.25) is 0 Å². The minimum atomic E-state index is -0.0629. The summed E-state index contributed by atoms with van der Waals surface area (Å²) in [6.07, 6.45) is 0.0887. The van der Waals surface area contributed by atoms with Gasteiger partial charge in [-0.25, -0.2) is 4.79 Å². The third-order valence-electron chi connectivity index (χ3n) is 3.96. The molecule has 0 radical (unpaired) electrons. The zero-order valence-corrected chi connectivity index (χ0v) is 13.2. The van der Waals surface area contributed by atoms with Crippen LogP contribution in [0.1, 0.15) is 32.4 Å². The highest BCUT2D eigenvalue weighted by molar-refractivity contribution is 5.89. The number of anilines is 1. The summed E-state index contributed by atoms with van der Waals surface area (Å²) in [5.74, 6) is 0. The second kappa shape index (κ2) is 6.91. The molecule has 1 saturated heterocycles. The highest BCUT2D eigenvalue weighted by atomic mass is 16.5. The largest absolute Gasteiger partial charge is 0.375 e. The number of nitrogens with one attached hydrogen (secondary N) is 2. The molecule has 1 aromatic carbocycles. The lowest BCUT2D eigenvalue weighted by Crippen LogP contribution is -2.51. The van der Waals surface area contributed by atoms with Crippen molar-refractivity contribution in [1.29, 1.82) is 0 Å². The molecule has 3 unspecified atom stereocenters. The van der Waals surface area contributed by atoms with Crippen LogP contribution >= 0.6 is 0 Å². The van der Waals surface area contributed by atoms with Gasteiger partial charge in [-0.2, -0.15) is 0 Å².